The summed E-state index contributed by atoms with van der Waals surface area (Å²) in [6.45, 7) is 22.3. The Kier molecular flexibility index (Phi) is 17.7. The zero-order valence-electron chi connectivity index (χ0n) is 17.8. The van der Waals surface area contributed by atoms with Gasteiger partial charge < -0.3 is 10.6 Å². The van der Waals surface area contributed by atoms with Crippen LogP contribution in [0.5, 0.6) is 0 Å². The number of nitrogens with zero attached hydrogens (tertiary/aromatic N) is 4. The normalized spacial score (nSPS) is 11.3. The van der Waals surface area contributed by atoms with Crippen LogP contribution in [0, 0.1) is 0 Å². The molecular weight excluding hydrogens is 368 g/mol. The predicted molar refractivity (Wildman–Crippen MR) is 102 cm³/mol. The minimum atomic E-state index is -0.492. The number of hydrogen-bond donors (Lipinski definition) is 0. The van der Waals surface area contributed by atoms with Crippen LogP contribution in [-0.2, 0) is 18.2 Å². The summed E-state index contributed by atoms with van der Waals surface area (Å²) >= 11 is -0.492. The SMILES string of the molecule is CCC(C)(C)[N]=[Mo+2]=[N]C(C)(C)CC.CC[N-]C.C[N-]C(C)(C)C. The van der Waals surface area contributed by atoms with Gasteiger partial charge in [0.05, 0.1) is 0 Å². The molecule has 0 aliphatic carbocycles. The summed E-state index contributed by atoms with van der Waals surface area (Å²) in [5.41, 5.74) is 0.463. The Balaban J connectivity index is -0.000000330. The summed E-state index contributed by atoms with van der Waals surface area (Å²) < 4.78 is 9.34. The first-order chi connectivity index (χ1) is 10.3. The maximum atomic E-state index is 4.67. The van der Waals surface area contributed by atoms with Gasteiger partial charge in [0.1, 0.15) is 0 Å². The van der Waals surface area contributed by atoms with Gasteiger partial charge in [0.15, 0.2) is 0 Å². The molecule has 0 radical (unpaired) electrons. The van der Waals surface area contributed by atoms with Gasteiger partial charge in [-0.25, -0.2) is 0 Å². The van der Waals surface area contributed by atoms with Crippen LogP contribution < -0.4 is 0 Å². The Morgan fingerprint density at radius 2 is 1.00 bits per heavy atom. The standard InChI is InChI=1S/C5H12N.2C5H11N.C3H8N.Mo/c1-5(2,3)6-4;2*1-4-5(2,3)6;1-3-4-2;/h1-4H3;2*4H2,1-3H3;3H2,1-2H3;/q-1;;;-1;+2. The molecule has 0 aliphatic rings. The Labute approximate surface area is 155 Å². The van der Waals surface area contributed by atoms with E-state index in [1.54, 1.807) is 7.05 Å². The first kappa shape index (κ1) is 28.0. The van der Waals surface area contributed by atoms with Gasteiger partial charge in [0.2, 0.25) is 0 Å². The van der Waals surface area contributed by atoms with Crippen molar-refractivity contribution in [1.29, 1.82) is 0 Å². The van der Waals surface area contributed by atoms with Crippen LogP contribution in [-0.4, -0.2) is 37.3 Å². The van der Waals surface area contributed by atoms with Crippen molar-refractivity contribution in [3.05, 3.63) is 10.6 Å². The van der Waals surface area contributed by atoms with Gasteiger partial charge in [-0.15, -0.1) is 5.54 Å². The molecule has 5 heteroatoms. The molecule has 0 saturated heterocycles. The molecule has 23 heavy (non-hydrogen) atoms. The van der Waals surface area contributed by atoms with E-state index < -0.39 is 18.2 Å². The van der Waals surface area contributed by atoms with Crippen molar-refractivity contribution in [3.63, 3.8) is 0 Å². The Bertz CT molecular complexity index is 302. The fourth-order valence-corrected chi connectivity index (χ4v) is 2.19. The third kappa shape index (κ3) is 27.4. The molecule has 0 amide bonds. The van der Waals surface area contributed by atoms with Crippen molar-refractivity contribution in [1.82, 2.24) is 0 Å². The summed E-state index contributed by atoms with van der Waals surface area (Å²) in [6.07, 6.45) is 2.22. The molecule has 0 aromatic heterocycles. The molecule has 0 spiro atoms. The van der Waals surface area contributed by atoms with Crippen molar-refractivity contribution in [2.75, 3.05) is 20.6 Å². The van der Waals surface area contributed by atoms with Gasteiger partial charge in [0, 0.05) is 0 Å². The van der Waals surface area contributed by atoms with E-state index in [1.807, 2.05) is 14.0 Å². The second-order valence-corrected chi connectivity index (χ2v) is 8.92. The molecule has 0 N–H and O–H groups in total. The fraction of sp³-hybridized carbons (Fsp3) is 1.00. The average Bonchev–Trinajstić information content (AvgIpc) is 2.47. The summed E-state index contributed by atoms with van der Waals surface area (Å²) in [6, 6.07) is 0. The van der Waals surface area contributed by atoms with Crippen molar-refractivity contribution in [2.45, 2.75) is 98.7 Å². The second-order valence-electron chi connectivity index (χ2n) is 7.62. The maximum absolute atomic E-state index is 4.67. The smallest absolute Gasteiger partial charge is 0.0793 e. The fourth-order valence-electron chi connectivity index (χ4n) is 0.371. The van der Waals surface area contributed by atoms with Crippen LogP contribution in [0.3, 0.4) is 0 Å². The molecule has 4 nitrogen and oxygen atoms in total. The molecule has 0 heterocycles. The Hall–Kier alpha value is 0.208. The minimum absolute atomic E-state index is 0.148. The van der Waals surface area contributed by atoms with E-state index in [0.717, 1.165) is 19.4 Å². The van der Waals surface area contributed by atoms with Gasteiger partial charge in [-0.1, -0.05) is 27.7 Å². The molecule has 0 saturated carbocycles. The van der Waals surface area contributed by atoms with Crippen LogP contribution in [0.4, 0.5) is 0 Å². The van der Waals surface area contributed by atoms with Crippen LogP contribution in [0.25, 0.3) is 10.6 Å². The first-order valence-electron chi connectivity index (χ1n) is 8.58. The van der Waals surface area contributed by atoms with Crippen molar-refractivity contribution >= 4 is 0 Å². The monoisotopic (exact) mass is 412 g/mol. The van der Waals surface area contributed by atoms with E-state index in [-0.39, 0.29) is 16.6 Å². The van der Waals surface area contributed by atoms with Crippen LogP contribution in [0.2, 0.25) is 0 Å². The molecule has 0 atom stereocenters. The maximum Gasteiger partial charge on any atom is -0.0793 e. The largest absolute Gasteiger partial charge is 0.665 e. The van der Waals surface area contributed by atoms with Crippen LogP contribution in [0.15, 0.2) is 6.99 Å². The first-order valence-corrected chi connectivity index (χ1v) is 10.4. The van der Waals surface area contributed by atoms with E-state index in [4.69, 9.17) is 0 Å². The van der Waals surface area contributed by atoms with Crippen molar-refractivity contribution in [3.8, 4) is 0 Å². The quantitative estimate of drug-likeness (QED) is 0.458. The van der Waals surface area contributed by atoms with E-state index in [1.165, 1.54) is 0 Å². The average molecular weight is 411 g/mol. The molecule has 0 bridgehead atoms. The molecule has 0 aliphatic heterocycles. The van der Waals surface area contributed by atoms with E-state index in [2.05, 4.69) is 79.9 Å². The van der Waals surface area contributed by atoms with Gasteiger partial charge in [-0.3, -0.25) is 0 Å². The topological polar surface area (TPSA) is 52.9 Å². The third-order valence-corrected chi connectivity index (χ3v) is 6.12. The summed E-state index contributed by atoms with van der Waals surface area (Å²) in [5, 5.41) is 7.76. The summed E-state index contributed by atoms with van der Waals surface area (Å²) in [5.74, 6) is 0. The van der Waals surface area contributed by atoms with Crippen molar-refractivity contribution in [2.24, 2.45) is 6.99 Å². The summed E-state index contributed by atoms with van der Waals surface area (Å²) in [4.78, 5) is 0. The molecular formula is C18H42MoN4. The van der Waals surface area contributed by atoms with Gasteiger partial charge in [-0.05, 0) is 0 Å². The van der Waals surface area contributed by atoms with E-state index in [0.29, 0.717) is 0 Å². The number of hydrogen-bond acceptors (Lipinski definition) is 2. The Morgan fingerprint density at radius 1 is 0.739 bits per heavy atom. The molecule has 0 fully saturated rings. The van der Waals surface area contributed by atoms with Gasteiger partial charge in [0.25, 0.3) is 0 Å². The molecule has 0 aromatic carbocycles. The minimum Gasteiger partial charge on any atom is -0.665 e. The molecule has 0 unspecified atom stereocenters. The number of rotatable bonds is 5. The van der Waals surface area contributed by atoms with Gasteiger partial charge >= 0.3 is 90.7 Å². The zero-order chi connectivity index (χ0) is 19.2. The van der Waals surface area contributed by atoms with Gasteiger partial charge in [-0.2, -0.15) is 20.6 Å². The Morgan fingerprint density at radius 3 is 1.13 bits per heavy atom. The van der Waals surface area contributed by atoms with Crippen LogP contribution in [0.1, 0.15) is 82.1 Å². The zero-order valence-corrected chi connectivity index (χ0v) is 19.8. The molecule has 0 rings (SSSR count). The van der Waals surface area contributed by atoms with E-state index >= 15 is 0 Å². The van der Waals surface area contributed by atoms with Crippen molar-refractivity contribution < 1.29 is 18.2 Å². The third-order valence-electron chi connectivity index (χ3n) is 3.29. The second kappa shape index (κ2) is 14.5. The summed E-state index contributed by atoms with van der Waals surface area (Å²) in [7, 11) is 3.64. The molecule has 140 valence electrons. The van der Waals surface area contributed by atoms with E-state index in [9.17, 15) is 0 Å². The molecule has 0 aromatic rings. The predicted octanol–water partition coefficient (Wildman–Crippen LogP) is 6.61. The van der Waals surface area contributed by atoms with Crippen LogP contribution >= 0.6 is 0 Å².